The molecule has 0 bridgehead atoms. The summed E-state index contributed by atoms with van der Waals surface area (Å²) in [6, 6.07) is 0.871. The van der Waals surface area contributed by atoms with E-state index in [2.05, 4.69) is 16.1 Å². The Labute approximate surface area is 102 Å². The molecule has 1 saturated heterocycles. The van der Waals surface area contributed by atoms with E-state index in [1.807, 2.05) is 0 Å². The molecule has 3 heterocycles. The van der Waals surface area contributed by atoms with Gasteiger partial charge in [0.05, 0.1) is 18.3 Å². The number of aryl methyl sites for hydroxylation is 1. The van der Waals surface area contributed by atoms with Gasteiger partial charge in [-0.15, -0.1) is 0 Å². The number of nitrogens with one attached hydrogen (secondary N) is 1. The van der Waals surface area contributed by atoms with Crippen LogP contribution in [0.5, 0.6) is 0 Å². The zero-order chi connectivity index (χ0) is 11.7. The van der Waals surface area contributed by atoms with Crippen LogP contribution in [0.1, 0.15) is 43.2 Å². The van der Waals surface area contributed by atoms with E-state index in [0.717, 1.165) is 32.2 Å². The lowest BCUT2D eigenvalue weighted by Gasteiger charge is -2.22. The standard InChI is InChI=1S/C13H21N3O/c17-9-12-4-1-5-13-15-11(8-16(12)13)7-10-3-2-6-14-10/h8,10,12,14,17H,1-7,9H2. The second-order valence-electron chi connectivity index (χ2n) is 5.28. The third-order valence-electron chi connectivity index (χ3n) is 4.02. The van der Waals surface area contributed by atoms with Gasteiger partial charge in [0.15, 0.2) is 0 Å². The summed E-state index contributed by atoms with van der Waals surface area (Å²) < 4.78 is 2.20. The molecule has 2 aliphatic rings. The predicted octanol–water partition coefficient (Wildman–Crippen LogP) is 1.05. The van der Waals surface area contributed by atoms with Gasteiger partial charge in [-0.2, -0.15) is 0 Å². The maximum Gasteiger partial charge on any atom is 0.109 e. The molecule has 0 saturated carbocycles. The minimum absolute atomic E-state index is 0.241. The molecular formula is C13H21N3O. The van der Waals surface area contributed by atoms with E-state index in [1.165, 1.54) is 24.4 Å². The fraction of sp³-hybridized carbons (Fsp3) is 0.769. The number of fused-ring (bicyclic) bond motifs is 1. The molecule has 0 amide bonds. The number of nitrogens with zero attached hydrogens (tertiary/aromatic N) is 2. The Hall–Kier alpha value is -0.870. The lowest BCUT2D eigenvalue weighted by molar-refractivity contribution is 0.206. The fourth-order valence-corrected chi connectivity index (χ4v) is 3.08. The van der Waals surface area contributed by atoms with Gasteiger partial charge < -0.3 is 15.0 Å². The fourth-order valence-electron chi connectivity index (χ4n) is 3.08. The van der Waals surface area contributed by atoms with Crippen LogP contribution in [0.3, 0.4) is 0 Å². The largest absolute Gasteiger partial charge is 0.394 e. The van der Waals surface area contributed by atoms with Gasteiger partial charge in [0.25, 0.3) is 0 Å². The lowest BCUT2D eigenvalue weighted by Crippen LogP contribution is -2.23. The van der Waals surface area contributed by atoms with Crippen LogP contribution in [0, 0.1) is 0 Å². The highest BCUT2D eigenvalue weighted by molar-refractivity contribution is 5.10. The average molecular weight is 235 g/mol. The van der Waals surface area contributed by atoms with Gasteiger partial charge in [-0.3, -0.25) is 0 Å². The zero-order valence-corrected chi connectivity index (χ0v) is 10.2. The van der Waals surface area contributed by atoms with Crippen LogP contribution in [0.4, 0.5) is 0 Å². The number of hydrogen-bond donors (Lipinski definition) is 2. The molecular weight excluding hydrogens is 214 g/mol. The third-order valence-corrected chi connectivity index (χ3v) is 4.02. The highest BCUT2D eigenvalue weighted by atomic mass is 16.3. The summed E-state index contributed by atoms with van der Waals surface area (Å²) >= 11 is 0. The highest BCUT2D eigenvalue weighted by Crippen LogP contribution is 2.25. The second-order valence-corrected chi connectivity index (χ2v) is 5.28. The molecule has 0 aromatic carbocycles. The monoisotopic (exact) mass is 235 g/mol. The van der Waals surface area contributed by atoms with Crippen molar-refractivity contribution in [2.75, 3.05) is 13.2 Å². The first-order valence-corrected chi connectivity index (χ1v) is 6.77. The van der Waals surface area contributed by atoms with Crippen LogP contribution in [0.2, 0.25) is 0 Å². The van der Waals surface area contributed by atoms with E-state index in [1.54, 1.807) is 0 Å². The molecule has 0 spiro atoms. The SMILES string of the molecule is OCC1CCCc2nc(CC3CCCN3)cn21. The van der Waals surface area contributed by atoms with Gasteiger partial charge in [-0.05, 0) is 32.2 Å². The quantitative estimate of drug-likeness (QED) is 0.823. The van der Waals surface area contributed by atoms with Crippen LogP contribution in [0.25, 0.3) is 0 Å². The smallest absolute Gasteiger partial charge is 0.109 e. The molecule has 4 heteroatoms. The summed E-state index contributed by atoms with van der Waals surface area (Å²) in [5, 5.41) is 12.9. The van der Waals surface area contributed by atoms with Crippen molar-refractivity contribution in [3.8, 4) is 0 Å². The molecule has 17 heavy (non-hydrogen) atoms. The summed E-state index contributed by atoms with van der Waals surface area (Å²) in [5.41, 5.74) is 1.19. The zero-order valence-electron chi connectivity index (χ0n) is 10.2. The van der Waals surface area contributed by atoms with Crippen molar-refractivity contribution in [2.45, 2.75) is 50.6 Å². The van der Waals surface area contributed by atoms with Gasteiger partial charge in [0, 0.05) is 25.1 Å². The Bertz CT molecular complexity index is 382. The molecule has 3 rings (SSSR count). The van der Waals surface area contributed by atoms with Crippen molar-refractivity contribution in [3.63, 3.8) is 0 Å². The van der Waals surface area contributed by atoms with Crippen LogP contribution < -0.4 is 5.32 Å². The first-order chi connectivity index (χ1) is 8.36. The van der Waals surface area contributed by atoms with Crippen molar-refractivity contribution < 1.29 is 5.11 Å². The molecule has 1 aromatic heterocycles. The summed E-state index contributed by atoms with van der Waals surface area (Å²) in [4.78, 5) is 4.72. The minimum Gasteiger partial charge on any atom is -0.394 e. The van der Waals surface area contributed by atoms with Crippen LogP contribution in [0.15, 0.2) is 6.20 Å². The Morgan fingerprint density at radius 2 is 2.35 bits per heavy atom. The molecule has 2 unspecified atom stereocenters. The Morgan fingerprint density at radius 1 is 1.41 bits per heavy atom. The summed E-state index contributed by atoms with van der Waals surface area (Å²) in [7, 11) is 0. The summed E-state index contributed by atoms with van der Waals surface area (Å²) in [6.45, 7) is 1.39. The molecule has 4 nitrogen and oxygen atoms in total. The first kappa shape index (κ1) is 11.2. The first-order valence-electron chi connectivity index (χ1n) is 6.77. The molecule has 1 fully saturated rings. The van der Waals surface area contributed by atoms with Crippen molar-refractivity contribution in [2.24, 2.45) is 0 Å². The average Bonchev–Trinajstić information content (AvgIpc) is 2.97. The van der Waals surface area contributed by atoms with E-state index >= 15 is 0 Å². The molecule has 94 valence electrons. The lowest BCUT2D eigenvalue weighted by atomic mass is 10.1. The van der Waals surface area contributed by atoms with Gasteiger partial charge in [-0.25, -0.2) is 4.98 Å². The van der Waals surface area contributed by atoms with Gasteiger partial charge in [0.2, 0.25) is 0 Å². The molecule has 0 radical (unpaired) electrons. The van der Waals surface area contributed by atoms with Crippen molar-refractivity contribution in [1.82, 2.24) is 14.9 Å². The van der Waals surface area contributed by atoms with E-state index in [9.17, 15) is 5.11 Å². The van der Waals surface area contributed by atoms with Crippen molar-refractivity contribution >= 4 is 0 Å². The number of imidazole rings is 1. The number of hydrogen-bond acceptors (Lipinski definition) is 3. The van der Waals surface area contributed by atoms with Crippen LogP contribution in [-0.2, 0) is 12.8 Å². The van der Waals surface area contributed by atoms with Crippen LogP contribution >= 0.6 is 0 Å². The van der Waals surface area contributed by atoms with Gasteiger partial charge >= 0.3 is 0 Å². The topological polar surface area (TPSA) is 50.1 Å². The van der Waals surface area contributed by atoms with E-state index in [-0.39, 0.29) is 12.6 Å². The Morgan fingerprint density at radius 3 is 3.12 bits per heavy atom. The maximum absolute atomic E-state index is 9.37. The predicted molar refractivity (Wildman–Crippen MR) is 66.0 cm³/mol. The maximum atomic E-state index is 9.37. The minimum atomic E-state index is 0.241. The van der Waals surface area contributed by atoms with E-state index < -0.39 is 0 Å². The summed E-state index contributed by atoms with van der Waals surface area (Å²) in [5.74, 6) is 1.17. The highest BCUT2D eigenvalue weighted by Gasteiger charge is 2.22. The normalized spacial score (nSPS) is 28.3. The number of aliphatic hydroxyl groups excluding tert-OH is 1. The van der Waals surface area contributed by atoms with Crippen LogP contribution in [-0.4, -0.2) is 33.9 Å². The van der Waals surface area contributed by atoms with E-state index in [0.29, 0.717) is 6.04 Å². The number of aromatic nitrogens is 2. The summed E-state index contributed by atoms with van der Waals surface area (Å²) in [6.07, 6.45) is 9.07. The molecule has 2 atom stereocenters. The molecule has 2 aliphatic heterocycles. The molecule has 1 aromatic rings. The number of aliphatic hydroxyl groups is 1. The van der Waals surface area contributed by atoms with Crippen molar-refractivity contribution in [1.29, 1.82) is 0 Å². The molecule has 0 aliphatic carbocycles. The van der Waals surface area contributed by atoms with Crippen molar-refractivity contribution in [3.05, 3.63) is 17.7 Å². The molecule has 2 N–H and O–H groups in total. The second kappa shape index (κ2) is 4.78. The van der Waals surface area contributed by atoms with Gasteiger partial charge in [0.1, 0.15) is 5.82 Å². The third kappa shape index (κ3) is 2.24. The van der Waals surface area contributed by atoms with E-state index in [4.69, 9.17) is 4.98 Å². The Balaban J connectivity index is 1.75. The van der Waals surface area contributed by atoms with Gasteiger partial charge in [-0.1, -0.05) is 0 Å². The number of rotatable bonds is 3. The Kier molecular flexibility index (Phi) is 3.16.